The van der Waals surface area contributed by atoms with Crippen LogP contribution in [-0.4, -0.2) is 12.5 Å². The molecule has 2 rings (SSSR count). The van der Waals surface area contributed by atoms with Crippen LogP contribution in [0.15, 0.2) is 40.9 Å². The Morgan fingerprint density at radius 1 is 1.33 bits per heavy atom. The zero-order chi connectivity index (χ0) is 15.4. The number of nitrogens with two attached hydrogens (primary N) is 1. The number of anilines is 2. The average molecular weight is 353 g/mol. The van der Waals surface area contributed by atoms with Crippen LogP contribution in [0.2, 0.25) is 0 Å². The first-order valence-corrected chi connectivity index (χ1v) is 7.10. The van der Waals surface area contributed by atoms with E-state index in [9.17, 15) is 9.18 Å². The zero-order valence-corrected chi connectivity index (χ0v) is 12.9. The summed E-state index contributed by atoms with van der Waals surface area (Å²) in [6.07, 6.45) is 0. The van der Waals surface area contributed by atoms with Crippen molar-refractivity contribution in [3.05, 3.63) is 52.3 Å². The van der Waals surface area contributed by atoms with Gasteiger partial charge in [0.1, 0.15) is 17.1 Å². The van der Waals surface area contributed by atoms with Crippen LogP contribution < -0.4 is 15.8 Å². The van der Waals surface area contributed by atoms with Crippen molar-refractivity contribution in [2.75, 3.05) is 17.7 Å². The molecule has 0 aromatic heterocycles. The molecule has 1 amide bonds. The van der Waals surface area contributed by atoms with E-state index < -0.39 is 11.7 Å². The first-order valence-electron chi connectivity index (χ1n) is 6.31. The van der Waals surface area contributed by atoms with Gasteiger partial charge in [-0.1, -0.05) is 12.1 Å². The molecule has 4 nitrogen and oxygen atoms in total. The number of hydrogen-bond donors (Lipinski definition) is 2. The molecular weight excluding hydrogens is 339 g/mol. The highest BCUT2D eigenvalue weighted by atomic mass is 79.9. The van der Waals surface area contributed by atoms with Gasteiger partial charge in [0.15, 0.2) is 0 Å². The first-order chi connectivity index (χ1) is 10.0. The molecule has 0 aliphatic rings. The maximum absolute atomic E-state index is 13.8. The van der Waals surface area contributed by atoms with E-state index in [-0.39, 0.29) is 16.9 Å². The number of amides is 1. The standard InChI is InChI=1S/C15H14BrFN2O2/c1-2-21-12-8-4-7-11(18)13(12)15(20)19-14-9(16)5-3-6-10(14)17/h3-8H,2,18H2,1H3,(H,19,20). The van der Waals surface area contributed by atoms with E-state index in [0.717, 1.165) is 0 Å². The van der Waals surface area contributed by atoms with E-state index in [1.807, 2.05) is 0 Å². The summed E-state index contributed by atoms with van der Waals surface area (Å²) in [7, 11) is 0. The van der Waals surface area contributed by atoms with Crippen LogP contribution in [0.25, 0.3) is 0 Å². The first kappa shape index (κ1) is 15.3. The highest BCUT2D eigenvalue weighted by Gasteiger charge is 2.18. The molecular formula is C15H14BrFN2O2. The lowest BCUT2D eigenvalue weighted by Gasteiger charge is -2.13. The van der Waals surface area contributed by atoms with Crippen LogP contribution in [-0.2, 0) is 0 Å². The Balaban J connectivity index is 2.37. The van der Waals surface area contributed by atoms with E-state index >= 15 is 0 Å². The summed E-state index contributed by atoms with van der Waals surface area (Å²) in [5.74, 6) is -0.699. The lowest BCUT2D eigenvalue weighted by Crippen LogP contribution is -2.17. The summed E-state index contributed by atoms with van der Waals surface area (Å²) >= 11 is 3.20. The van der Waals surface area contributed by atoms with Crippen molar-refractivity contribution in [1.29, 1.82) is 0 Å². The summed E-state index contributed by atoms with van der Waals surface area (Å²) in [5, 5.41) is 2.51. The third-order valence-electron chi connectivity index (χ3n) is 2.79. The quantitative estimate of drug-likeness (QED) is 0.822. The largest absolute Gasteiger partial charge is 0.493 e. The number of ether oxygens (including phenoxy) is 1. The third kappa shape index (κ3) is 3.33. The fourth-order valence-corrected chi connectivity index (χ4v) is 2.30. The van der Waals surface area contributed by atoms with Gasteiger partial charge >= 0.3 is 0 Å². The second kappa shape index (κ2) is 6.58. The van der Waals surface area contributed by atoms with E-state index in [0.29, 0.717) is 16.8 Å². The molecule has 0 saturated heterocycles. The summed E-state index contributed by atoms with van der Waals surface area (Å²) in [4.78, 5) is 12.4. The normalized spacial score (nSPS) is 10.2. The number of halogens is 2. The number of carbonyl (C=O) groups excluding carboxylic acids is 1. The average Bonchev–Trinajstić information content (AvgIpc) is 2.43. The van der Waals surface area contributed by atoms with Gasteiger partial charge in [0.25, 0.3) is 5.91 Å². The topological polar surface area (TPSA) is 64.3 Å². The molecule has 0 fully saturated rings. The van der Waals surface area contributed by atoms with Gasteiger partial charge in [0.05, 0.1) is 12.3 Å². The molecule has 110 valence electrons. The van der Waals surface area contributed by atoms with E-state index in [1.54, 1.807) is 31.2 Å². The maximum Gasteiger partial charge on any atom is 0.261 e. The molecule has 21 heavy (non-hydrogen) atoms. The molecule has 0 bridgehead atoms. The highest BCUT2D eigenvalue weighted by Crippen LogP contribution is 2.29. The third-order valence-corrected chi connectivity index (χ3v) is 3.45. The predicted octanol–water partition coefficient (Wildman–Crippen LogP) is 3.82. The highest BCUT2D eigenvalue weighted by molar-refractivity contribution is 9.10. The Morgan fingerprint density at radius 2 is 2.05 bits per heavy atom. The second-order valence-electron chi connectivity index (χ2n) is 4.20. The molecule has 0 aliphatic carbocycles. The summed E-state index contributed by atoms with van der Waals surface area (Å²) in [5.41, 5.74) is 6.36. The van der Waals surface area contributed by atoms with Crippen LogP contribution in [0.3, 0.4) is 0 Å². The van der Waals surface area contributed by atoms with Crippen molar-refractivity contribution < 1.29 is 13.9 Å². The Kier molecular flexibility index (Phi) is 4.80. The molecule has 0 saturated carbocycles. The lowest BCUT2D eigenvalue weighted by molar-refractivity contribution is 0.102. The van der Waals surface area contributed by atoms with E-state index in [4.69, 9.17) is 10.5 Å². The van der Waals surface area contributed by atoms with Gasteiger partial charge in [0.2, 0.25) is 0 Å². The van der Waals surface area contributed by atoms with E-state index in [2.05, 4.69) is 21.2 Å². The van der Waals surface area contributed by atoms with Crippen molar-refractivity contribution in [3.8, 4) is 5.75 Å². The fraction of sp³-hybridized carbons (Fsp3) is 0.133. The minimum Gasteiger partial charge on any atom is -0.493 e. The van der Waals surface area contributed by atoms with Gasteiger partial charge in [-0.3, -0.25) is 4.79 Å². The fourth-order valence-electron chi connectivity index (χ4n) is 1.86. The Bertz CT molecular complexity index is 656. The minimum atomic E-state index is -0.537. The molecule has 0 atom stereocenters. The van der Waals surface area contributed by atoms with Crippen LogP contribution >= 0.6 is 15.9 Å². The molecule has 3 N–H and O–H groups in total. The smallest absolute Gasteiger partial charge is 0.261 e. The van der Waals surface area contributed by atoms with E-state index in [1.165, 1.54) is 12.1 Å². The van der Waals surface area contributed by atoms with Crippen molar-refractivity contribution in [3.63, 3.8) is 0 Å². The van der Waals surface area contributed by atoms with Gasteiger partial charge in [-0.05, 0) is 47.1 Å². The monoisotopic (exact) mass is 352 g/mol. The summed E-state index contributed by atoms with van der Waals surface area (Å²) < 4.78 is 19.6. The molecule has 6 heteroatoms. The second-order valence-corrected chi connectivity index (χ2v) is 5.06. The molecule has 0 aliphatic heterocycles. The van der Waals surface area contributed by atoms with Crippen LogP contribution in [0.4, 0.5) is 15.8 Å². The number of rotatable bonds is 4. The number of nitrogen functional groups attached to an aromatic ring is 1. The van der Waals surface area contributed by atoms with Crippen molar-refractivity contribution in [1.82, 2.24) is 0 Å². The van der Waals surface area contributed by atoms with Gasteiger partial charge in [0, 0.05) is 10.2 Å². The van der Waals surface area contributed by atoms with Gasteiger partial charge in [-0.2, -0.15) is 0 Å². The van der Waals surface area contributed by atoms with Crippen molar-refractivity contribution in [2.45, 2.75) is 6.92 Å². The van der Waals surface area contributed by atoms with Gasteiger partial charge in [-0.25, -0.2) is 4.39 Å². The number of para-hydroxylation sites is 1. The number of carbonyl (C=O) groups is 1. The van der Waals surface area contributed by atoms with Crippen LogP contribution in [0.1, 0.15) is 17.3 Å². The molecule has 2 aromatic rings. The zero-order valence-electron chi connectivity index (χ0n) is 11.3. The van der Waals surface area contributed by atoms with Crippen molar-refractivity contribution >= 4 is 33.2 Å². The predicted molar refractivity (Wildman–Crippen MR) is 84.1 cm³/mol. The van der Waals surface area contributed by atoms with Crippen LogP contribution in [0, 0.1) is 5.82 Å². The molecule has 0 radical (unpaired) electrons. The number of nitrogens with one attached hydrogen (secondary N) is 1. The van der Waals surface area contributed by atoms with Gasteiger partial charge < -0.3 is 15.8 Å². The lowest BCUT2D eigenvalue weighted by atomic mass is 10.1. The minimum absolute atomic E-state index is 0.0631. The number of hydrogen-bond acceptors (Lipinski definition) is 3. The maximum atomic E-state index is 13.8. The number of benzene rings is 2. The van der Waals surface area contributed by atoms with Crippen molar-refractivity contribution in [2.24, 2.45) is 0 Å². The van der Waals surface area contributed by atoms with Gasteiger partial charge in [-0.15, -0.1) is 0 Å². The van der Waals surface area contributed by atoms with Crippen LogP contribution in [0.5, 0.6) is 5.75 Å². The summed E-state index contributed by atoms with van der Waals surface area (Å²) in [6.45, 7) is 2.20. The Hall–Kier alpha value is -2.08. The molecule has 0 unspecified atom stereocenters. The SMILES string of the molecule is CCOc1cccc(N)c1C(=O)Nc1c(F)cccc1Br. The summed E-state index contributed by atoms with van der Waals surface area (Å²) in [6, 6.07) is 9.36. The molecule has 0 heterocycles. The Labute approximate surface area is 130 Å². The molecule has 2 aromatic carbocycles. The Morgan fingerprint density at radius 3 is 2.71 bits per heavy atom. The molecule has 0 spiro atoms.